The maximum absolute atomic E-state index is 12.8. The minimum Gasteiger partial charge on any atom is -0.484 e. The van der Waals surface area contributed by atoms with Crippen molar-refractivity contribution >= 4 is 5.91 Å². The minimum absolute atomic E-state index is 0.141. The molecule has 1 saturated heterocycles. The zero-order valence-corrected chi connectivity index (χ0v) is 17.7. The van der Waals surface area contributed by atoms with E-state index in [1.165, 1.54) is 0 Å². The Bertz CT molecular complexity index is 1080. The highest BCUT2D eigenvalue weighted by Gasteiger charge is 2.33. The quantitative estimate of drug-likeness (QED) is 0.541. The molecule has 1 atom stereocenters. The molecule has 0 saturated carbocycles. The normalized spacial score (nSPS) is 16.3. The molecule has 3 aromatic rings. The van der Waals surface area contributed by atoms with Gasteiger partial charge in [-0.2, -0.15) is 18.2 Å². The third-order valence-electron chi connectivity index (χ3n) is 5.25. The maximum Gasteiger partial charge on any atom is 0.433 e. The van der Waals surface area contributed by atoms with Gasteiger partial charge in [0.15, 0.2) is 12.3 Å². The van der Waals surface area contributed by atoms with Crippen LogP contribution in [0.15, 0.2) is 66.9 Å². The summed E-state index contributed by atoms with van der Waals surface area (Å²) in [6, 6.07) is 17.8. The van der Waals surface area contributed by atoms with Crippen molar-refractivity contribution in [2.75, 3.05) is 19.7 Å². The summed E-state index contributed by atoms with van der Waals surface area (Å²) in [6.45, 7) is 0.616. The van der Waals surface area contributed by atoms with E-state index in [9.17, 15) is 18.0 Å². The molecule has 1 aliphatic heterocycles. The van der Waals surface area contributed by atoms with E-state index >= 15 is 0 Å². The average molecular weight is 457 g/mol. The number of carbonyl (C=O) groups is 1. The molecule has 4 rings (SSSR count). The van der Waals surface area contributed by atoms with Crippen LogP contribution >= 0.6 is 0 Å². The van der Waals surface area contributed by atoms with Crippen molar-refractivity contribution in [3.05, 3.63) is 72.6 Å². The molecule has 2 aromatic carbocycles. The molecule has 172 valence electrons. The summed E-state index contributed by atoms with van der Waals surface area (Å²) in [5.74, 6) is 0.352. The number of piperidine rings is 1. The first-order chi connectivity index (χ1) is 15.9. The fraction of sp³-hybridized carbons (Fsp3) is 0.292. The number of hydrogen-bond acceptors (Lipinski definition) is 5. The van der Waals surface area contributed by atoms with Crippen molar-refractivity contribution in [2.45, 2.75) is 25.1 Å². The van der Waals surface area contributed by atoms with Gasteiger partial charge in [0, 0.05) is 12.7 Å². The molecule has 6 nitrogen and oxygen atoms in total. The number of nitrogens with zero attached hydrogens (tertiary/aromatic N) is 3. The number of carbonyl (C=O) groups excluding carboxylic acids is 1. The van der Waals surface area contributed by atoms with Crippen LogP contribution in [0.4, 0.5) is 13.2 Å². The van der Waals surface area contributed by atoms with Crippen molar-refractivity contribution in [1.82, 2.24) is 14.9 Å². The summed E-state index contributed by atoms with van der Waals surface area (Å²) in [7, 11) is 0. The van der Waals surface area contributed by atoms with Gasteiger partial charge in [0.1, 0.15) is 11.9 Å². The Kier molecular flexibility index (Phi) is 6.76. The Morgan fingerprint density at radius 3 is 2.48 bits per heavy atom. The number of alkyl halides is 3. The van der Waals surface area contributed by atoms with Gasteiger partial charge >= 0.3 is 12.2 Å². The Labute approximate surface area is 189 Å². The van der Waals surface area contributed by atoms with Crippen molar-refractivity contribution in [3.63, 3.8) is 0 Å². The number of likely N-dealkylation sites (tertiary alicyclic amines) is 1. The summed E-state index contributed by atoms with van der Waals surface area (Å²) in [6.07, 6.45) is -2.82. The fourth-order valence-corrected chi connectivity index (χ4v) is 3.58. The molecular formula is C24H22F3N3O3. The number of halogens is 3. The molecule has 0 bridgehead atoms. The number of aromatic nitrogens is 2. The molecule has 0 spiro atoms. The molecule has 0 N–H and O–H groups in total. The SMILES string of the molecule is O=C(COc1ccc(-c2ccccc2)cc1)N1CCCC(Oc2nccc(C(F)(F)F)n2)C1. The zero-order valence-electron chi connectivity index (χ0n) is 17.7. The van der Waals surface area contributed by atoms with E-state index in [-0.39, 0.29) is 25.1 Å². The van der Waals surface area contributed by atoms with E-state index in [0.717, 1.165) is 23.4 Å². The molecule has 33 heavy (non-hydrogen) atoms. The van der Waals surface area contributed by atoms with Crippen LogP contribution in [0.5, 0.6) is 11.8 Å². The first-order valence-electron chi connectivity index (χ1n) is 10.5. The Morgan fingerprint density at radius 2 is 1.76 bits per heavy atom. The highest BCUT2D eigenvalue weighted by atomic mass is 19.4. The van der Waals surface area contributed by atoms with Crippen LogP contribution in [0, 0.1) is 0 Å². The second-order valence-corrected chi connectivity index (χ2v) is 7.62. The molecule has 1 fully saturated rings. The summed E-state index contributed by atoms with van der Waals surface area (Å²) in [4.78, 5) is 21.4. The van der Waals surface area contributed by atoms with E-state index in [0.29, 0.717) is 25.1 Å². The number of amides is 1. The third kappa shape index (κ3) is 6.00. The van der Waals surface area contributed by atoms with Crippen LogP contribution < -0.4 is 9.47 Å². The molecule has 0 radical (unpaired) electrons. The van der Waals surface area contributed by atoms with Crippen molar-refractivity contribution in [1.29, 1.82) is 0 Å². The second kappa shape index (κ2) is 9.89. The van der Waals surface area contributed by atoms with E-state index in [1.54, 1.807) is 4.90 Å². The number of hydrogen-bond donors (Lipinski definition) is 0. The second-order valence-electron chi connectivity index (χ2n) is 7.62. The molecular weight excluding hydrogens is 435 g/mol. The molecule has 1 aliphatic rings. The molecule has 2 heterocycles. The van der Waals surface area contributed by atoms with Gasteiger partial charge < -0.3 is 14.4 Å². The monoisotopic (exact) mass is 457 g/mol. The van der Waals surface area contributed by atoms with E-state index < -0.39 is 18.0 Å². The molecule has 9 heteroatoms. The van der Waals surface area contributed by atoms with Crippen LogP contribution in [0.25, 0.3) is 11.1 Å². The van der Waals surface area contributed by atoms with Crippen LogP contribution in [-0.2, 0) is 11.0 Å². The maximum atomic E-state index is 12.8. The highest BCUT2D eigenvalue weighted by Crippen LogP contribution is 2.28. The highest BCUT2D eigenvalue weighted by molar-refractivity contribution is 5.78. The van der Waals surface area contributed by atoms with Gasteiger partial charge in [0.2, 0.25) is 0 Å². The van der Waals surface area contributed by atoms with Gasteiger partial charge in [0.05, 0.1) is 6.54 Å². The van der Waals surface area contributed by atoms with Gasteiger partial charge in [0.25, 0.3) is 5.91 Å². The minimum atomic E-state index is -4.58. The largest absolute Gasteiger partial charge is 0.484 e. The Morgan fingerprint density at radius 1 is 1.03 bits per heavy atom. The number of rotatable bonds is 6. The fourth-order valence-electron chi connectivity index (χ4n) is 3.58. The first-order valence-corrected chi connectivity index (χ1v) is 10.5. The van der Waals surface area contributed by atoms with Crippen molar-refractivity contribution in [3.8, 4) is 22.9 Å². The van der Waals surface area contributed by atoms with Gasteiger partial charge in [-0.3, -0.25) is 4.79 Å². The van der Waals surface area contributed by atoms with Crippen molar-refractivity contribution in [2.24, 2.45) is 0 Å². The lowest BCUT2D eigenvalue weighted by Crippen LogP contribution is -2.46. The lowest BCUT2D eigenvalue weighted by atomic mass is 10.1. The van der Waals surface area contributed by atoms with Gasteiger partial charge in [-0.1, -0.05) is 42.5 Å². The van der Waals surface area contributed by atoms with Crippen molar-refractivity contribution < 1.29 is 27.4 Å². The van der Waals surface area contributed by atoms with Crippen LogP contribution in [-0.4, -0.2) is 46.6 Å². The smallest absolute Gasteiger partial charge is 0.433 e. The summed E-state index contributed by atoms with van der Waals surface area (Å²) in [5, 5.41) is 0. The molecule has 1 amide bonds. The Hall–Kier alpha value is -3.62. The van der Waals surface area contributed by atoms with E-state index in [4.69, 9.17) is 9.47 Å². The lowest BCUT2D eigenvalue weighted by molar-refractivity contribution is -0.141. The summed E-state index contributed by atoms with van der Waals surface area (Å²) in [5.41, 5.74) is 1.06. The predicted molar refractivity (Wildman–Crippen MR) is 115 cm³/mol. The molecule has 1 unspecified atom stereocenters. The predicted octanol–water partition coefficient (Wildman–Crippen LogP) is 4.61. The van der Waals surface area contributed by atoms with Gasteiger partial charge in [-0.25, -0.2) is 4.98 Å². The van der Waals surface area contributed by atoms with Crippen LogP contribution in [0.3, 0.4) is 0 Å². The first kappa shape index (κ1) is 22.6. The van der Waals surface area contributed by atoms with Crippen LogP contribution in [0.1, 0.15) is 18.5 Å². The Balaban J connectivity index is 1.30. The standard InChI is InChI=1S/C24H22F3N3O3/c25-24(26,27)21-12-13-28-23(29-21)33-20-7-4-14-30(15-20)22(31)16-32-19-10-8-18(9-11-19)17-5-2-1-3-6-17/h1-3,5-6,8-13,20H,4,7,14-16H2. The van der Waals surface area contributed by atoms with Crippen LogP contribution in [0.2, 0.25) is 0 Å². The number of ether oxygens (including phenoxy) is 2. The average Bonchev–Trinajstić information content (AvgIpc) is 2.83. The number of benzene rings is 2. The third-order valence-corrected chi connectivity index (χ3v) is 5.25. The molecule has 1 aromatic heterocycles. The zero-order chi connectivity index (χ0) is 23.3. The summed E-state index contributed by atoms with van der Waals surface area (Å²) < 4.78 is 49.7. The van der Waals surface area contributed by atoms with E-state index in [2.05, 4.69) is 9.97 Å². The summed E-state index contributed by atoms with van der Waals surface area (Å²) >= 11 is 0. The topological polar surface area (TPSA) is 64.5 Å². The van der Waals surface area contributed by atoms with E-state index in [1.807, 2.05) is 54.6 Å². The molecule has 0 aliphatic carbocycles. The van der Waals surface area contributed by atoms with Gasteiger partial charge in [-0.05, 0) is 42.2 Å². The van der Waals surface area contributed by atoms with Gasteiger partial charge in [-0.15, -0.1) is 0 Å². The lowest BCUT2D eigenvalue weighted by Gasteiger charge is -2.32.